The van der Waals surface area contributed by atoms with E-state index in [4.69, 9.17) is 5.11 Å². The SMILES string of the molecule is CC(C)(C)CNC(=O)c1ccc(O)cn1. The minimum atomic E-state index is -0.218. The Kier molecular flexibility index (Phi) is 3.29. The van der Waals surface area contributed by atoms with E-state index in [2.05, 4.69) is 10.3 Å². The van der Waals surface area contributed by atoms with Gasteiger partial charge in [-0.05, 0) is 17.5 Å². The van der Waals surface area contributed by atoms with Gasteiger partial charge >= 0.3 is 0 Å². The van der Waals surface area contributed by atoms with Crippen molar-refractivity contribution in [2.75, 3.05) is 6.54 Å². The smallest absolute Gasteiger partial charge is 0.269 e. The fourth-order valence-corrected chi connectivity index (χ4v) is 0.956. The number of amides is 1. The van der Waals surface area contributed by atoms with E-state index in [0.29, 0.717) is 12.2 Å². The average Bonchev–Trinajstić information content (AvgIpc) is 2.14. The van der Waals surface area contributed by atoms with E-state index in [-0.39, 0.29) is 17.1 Å². The van der Waals surface area contributed by atoms with Crippen molar-refractivity contribution in [2.45, 2.75) is 20.8 Å². The highest BCUT2D eigenvalue weighted by atomic mass is 16.3. The first-order chi connectivity index (χ1) is 6.88. The van der Waals surface area contributed by atoms with E-state index in [0.717, 1.165) is 0 Å². The van der Waals surface area contributed by atoms with Crippen molar-refractivity contribution in [1.29, 1.82) is 0 Å². The molecular weight excluding hydrogens is 192 g/mol. The summed E-state index contributed by atoms with van der Waals surface area (Å²) >= 11 is 0. The number of nitrogens with one attached hydrogen (secondary N) is 1. The molecule has 0 radical (unpaired) electrons. The number of aromatic nitrogens is 1. The van der Waals surface area contributed by atoms with Crippen molar-refractivity contribution in [3.8, 4) is 5.75 Å². The van der Waals surface area contributed by atoms with E-state index >= 15 is 0 Å². The lowest BCUT2D eigenvalue weighted by Crippen LogP contribution is -2.32. The number of hydrogen-bond donors (Lipinski definition) is 2. The molecule has 1 heterocycles. The summed E-state index contributed by atoms with van der Waals surface area (Å²) in [5.41, 5.74) is 0.365. The Morgan fingerprint density at radius 2 is 2.13 bits per heavy atom. The highest BCUT2D eigenvalue weighted by molar-refractivity contribution is 5.92. The van der Waals surface area contributed by atoms with Crippen LogP contribution in [0.1, 0.15) is 31.3 Å². The van der Waals surface area contributed by atoms with Gasteiger partial charge in [-0.3, -0.25) is 4.79 Å². The number of pyridine rings is 1. The molecule has 4 nitrogen and oxygen atoms in total. The van der Waals surface area contributed by atoms with Crippen LogP contribution in [0.25, 0.3) is 0 Å². The number of hydrogen-bond acceptors (Lipinski definition) is 3. The van der Waals surface area contributed by atoms with Gasteiger partial charge in [-0.25, -0.2) is 4.98 Å². The quantitative estimate of drug-likeness (QED) is 0.775. The van der Waals surface area contributed by atoms with E-state index in [1.807, 2.05) is 20.8 Å². The summed E-state index contributed by atoms with van der Waals surface area (Å²) in [6.45, 7) is 6.71. The minimum absolute atomic E-state index is 0.0482. The number of carbonyl (C=O) groups excluding carboxylic acids is 1. The number of carbonyl (C=O) groups is 1. The van der Waals surface area contributed by atoms with Crippen molar-refractivity contribution in [2.24, 2.45) is 5.41 Å². The zero-order valence-electron chi connectivity index (χ0n) is 9.24. The van der Waals surface area contributed by atoms with Gasteiger partial charge in [0.25, 0.3) is 5.91 Å². The summed E-state index contributed by atoms with van der Waals surface area (Å²) in [6, 6.07) is 2.94. The molecule has 0 saturated carbocycles. The summed E-state index contributed by atoms with van der Waals surface area (Å²) in [4.78, 5) is 15.4. The predicted molar refractivity (Wildman–Crippen MR) is 57.7 cm³/mol. The van der Waals surface area contributed by atoms with Crippen molar-refractivity contribution < 1.29 is 9.90 Å². The van der Waals surface area contributed by atoms with Crippen molar-refractivity contribution in [3.05, 3.63) is 24.0 Å². The molecule has 0 aliphatic heterocycles. The molecule has 1 amide bonds. The molecular formula is C11H16N2O2. The van der Waals surface area contributed by atoms with Crippen LogP contribution in [-0.2, 0) is 0 Å². The average molecular weight is 208 g/mol. The summed E-state index contributed by atoms with van der Waals surface area (Å²) in [7, 11) is 0. The lowest BCUT2D eigenvalue weighted by Gasteiger charge is -2.18. The van der Waals surface area contributed by atoms with Gasteiger partial charge in [0.15, 0.2) is 0 Å². The third-order valence-electron chi connectivity index (χ3n) is 1.76. The second kappa shape index (κ2) is 4.29. The van der Waals surface area contributed by atoms with Crippen LogP contribution in [0.3, 0.4) is 0 Å². The molecule has 4 heteroatoms. The van der Waals surface area contributed by atoms with Crippen molar-refractivity contribution in [1.82, 2.24) is 10.3 Å². The Labute approximate surface area is 89.3 Å². The van der Waals surface area contributed by atoms with Crippen molar-refractivity contribution in [3.63, 3.8) is 0 Å². The van der Waals surface area contributed by atoms with Gasteiger partial charge in [0.2, 0.25) is 0 Å². The molecule has 0 fully saturated rings. The molecule has 0 bridgehead atoms. The lowest BCUT2D eigenvalue weighted by molar-refractivity contribution is 0.0934. The highest BCUT2D eigenvalue weighted by Gasteiger charge is 2.13. The standard InChI is InChI=1S/C11H16N2O2/c1-11(2,3)7-13-10(15)9-5-4-8(14)6-12-9/h4-6,14H,7H2,1-3H3,(H,13,15). The maximum atomic E-state index is 11.5. The summed E-state index contributed by atoms with van der Waals surface area (Å²) < 4.78 is 0. The first-order valence-electron chi connectivity index (χ1n) is 4.82. The Balaban J connectivity index is 2.58. The van der Waals surface area contributed by atoms with E-state index < -0.39 is 0 Å². The van der Waals surface area contributed by atoms with Gasteiger partial charge < -0.3 is 10.4 Å². The van der Waals surface area contributed by atoms with Gasteiger partial charge in [-0.15, -0.1) is 0 Å². The Bertz CT molecular complexity index is 339. The molecule has 0 spiro atoms. The van der Waals surface area contributed by atoms with E-state index in [1.165, 1.54) is 18.3 Å². The molecule has 2 N–H and O–H groups in total. The molecule has 1 rings (SSSR count). The zero-order chi connectivity index (χ0) is 11.5. The molecule has 0 aliphatic rings. The molecule has 0 aliphatic carbocycles. The van der Waals surface area contributed by atoms with Gasteiger partial charge in [-0.1, -0.05) is 20.8 Å². The maximum absolute atomic E-state index is 11.5. The molecule has 0 unspecified atom stereocenters. The van der Waals surface area contributed by atoms with Gasteiger partial charge in [0.05, 0.1) is 6.20 Å². The van der Waals surface area contributed by atoms with Gasteiger partial charge in [0, 0.05) is 6.54 Å². The van der Waals surface area contributed by atoms with Crippen LogP contribution in [0.4, 0.5) is 0 Å². The molecule has 0 atom stereocenters. The Hall–Kier alpha value is -1.58. The molecule has 15 heavy (non-hydrogen) atoms. The minimum Gasteiger partial charge on any atom is -0.506 e. The fraction of sp³-hybridized carbons (Fsp3) is 0.455. The number of rotatable bonds is 2. The van der Waals surface area contributed by atoms with Gasteiger partial charge in [0.1, 0.15) is 11.4 Å². The molecule has 0 saturated heterocycles. The summed E-state index contributed by atoms with van der Waals surface area (Å²) in [5.74, 6) is -0.160. The fourth-order valence-electron chi connectivity index (χ4n) is 0.956. The monoisotopic (exact) mass is 208 g/mol. The summed E-state index contributed by atoms with van der Waals surface area (Å²) in [5, 5.41) is 11.8. The Morgan fingerprint density at radius 1 is 1.47 bits per heavy atom. The van der Waals surface area contributed by atoms with Crippen LogP contribution < -0.4 is 5.32 Å². The zero-order valence-corrected chi connectivity index (χ0v) is 9.24. The third kappa shape index (κ3) is 3.97. The van der Waals surface area contributed by atoms with E-state index in [9.17, 15) is 4.79 Å². The highest BCUT2D eigenvalue weighted by Crippen LogP contribution is 2.11. The first kappa shape index (κ1) is 11.5. The third-order valence-corrected chi connectivity index (χ3v) is 1.76. The van der Waals surface area contributed by atoms with Gasteiger partial charge in [-0.2, -0.15) is 0 Å². The normalized spacial score (nSPS) is 11.1. The molecule has 0 aromatic carbocycles. The van der Waals surface area contributed by atoms with Crippen LogP contribution in [0.15, 0.2) is 18.3 Å². The van der Waals surface area contributed by atoms with Crippen LogP contribution >= 0.6 is 0 Å². The second-order valence-corrected chi connectivity index (χ2v) is 4.64. The number of nitrogens with zero attached hydrogens (tertiary/aromatic N) is 1. The Morgan fingerprint density at radius 3 is 2.60 bits per heavy atom. The topological polar surface area (TPSA) is 62.2 Å². The first-order valence-corrected chi connectivity index (χ1v) is 4.82. The van der Waals surface area contributed by atoms with Crippen LogP contribution in [-0.4, -0.2) is 22.5 Å². The molecule has 1 aromatic rings. The lowest BCUT2D eigenvalue weighted by atomic mass is 9.97. The maximum Gasteiger partial charge on any atom is 0.269 e. The molecule has 82 valence electrons. The number of aromatic hydroxyl groups is 1. The summed E-state index contributed by atoms with van der Waals surface area (Å²) in [6.07, 6.45) is 1.26. The predicted octanol–water partition coefficient (Wildman–Crippen LogP) is 1.56. The molecule has 1 aromatic heterocycles. The van der Waals surface area contributed by atoms with Crippen LogP contribution in [0, 0.1) is 5.41 Å². The largest absolute Gasteiger partial charge is 0.506 e. The van der Waals surface area contributed by atoms with Crippen molar-refractivity contribution >= 4 is 5.91 Å². The van der Waals surface area contributed by atoms with E-state index in [1.54, 1.807) is 0 Å². The van der Waals surface area contributed by atoms with Crippen LogP contribution in [0.2, 0.25) is 0 Å². The second-order valence-electron chi connectivity index (χ2n) is 4.64. The van der Waals surface area contributed by atoms with Crippen LogP contribution in [0.5, 0.6) is 5.75 Å².